The standard InChI is InChI=1S/C14H27N3O2/c1-11(2)15-12-3-7-17(8-4-12)14(18)16-13-5-9-19-10-6-13/h11-13,15H,3-10H2,1-2H3,(H,16,18). The van der Waals surface area contributed by atoms with Gasteiger partial charge in [-0.15, -0.1) is 0 Å². The number of carbonyl (C=O) groups excluding carboxylic acids is 1. The summed E-state index contributed by atoms with van der Waals surface area (Å²) in [5.74, 6) is 0. The van der Waals surface area contributed by atoms with Crippen LogP contribution in [0.1, 0.15) is 39.5 Å². The normalized spacial score (nSPS) is 22.8. The summed E-state index contributed by atoms with van der Waals surface area (Å²) in [6, 6.07) is 1.49. The summed E-state index contributed by atoms with van der Waals surface area (Å²) in [7, 11) is 0. The van der Waals surface area contributed by atoms with Crippen LogP contribution < -0.4 is 10.6 Å². The lowest BCUT2D eigenvalue weighted by molar-refractivity contribution is 0.0773. The number of hydrogen-bond donors (Lipinski definition) is 2. The second-order valence-corrected chi connectivity index (χ2v) is 5.92. The van der Waals surface area contributed by atoms with Gasteiger partial charge >= 0.3 is 6.03 Å². The van der Waals surface area contributed by atoms with Crippen molar-refractivity contribution in [1.82, 2.24) is 15.5 Å². The minimum Gasteiger partial charge on any atom is -0.381 e. The second kappa shape index (κ2) is 7.10. The maximum absolute atomic E-state index is 12.1. The van der Waals surface area contributed by atoms with E-state index in [1.54, 1.807) is 0 Å². The van der Waals surface area contributed by atoms with Crippen LogP contribution in [0.4, 0.5) is 4.79 Å². The van der Waals surface area contributed by atoms with E-state index in [0.29, 0.717) is 18.1 Å². The van der Waals surface area contributed by atoms with E-state index in [2.05, 4.69) is 24.5 Å². The van der Waals surface area contributed by atoms with Crippen LogP contribution in [0.25, 0.3) is 0 Å². The largest absolute Gasteiger partial charge is 0.381 e. The fourth-order valence-corrected chi connectivity index (χ4v) is 2.83. The van der Waals surface area contributed by atoms with E-state index in [-0.39, 0.29) is 6.03 Å². The molecule has 0 saturated carbocycles. The van der Waals surface area contributed by atoms with Gasteiger partial charge in [-0.25, -0.2) is 4.79 Å². The van der Waals surface area contributed by atoms with Crippen LogP contribution in [0.2, 0.25) is 0 Å². The van der Waals surface area contributed by atoms with Crippen LogP contribution in [-0.2, 0) is 4.74 Å². The van der Waals surface area contributed by atoms with E-state index in [4.69, 9.17) is 4.74 Å². The number of piperidine rings is 1. The van der Waals surface area contributed by atoms with Gasteiger partial charge in [-0.2, -0.15) is 0 Å². The second-order valence-electron chi connectivity index (χ2n) is 5.92. The van der Waals surface area contributed by atoms with Gasteiger partial charge in [0.25, 0.3) is 0 Å². The quantitative estimate of drug-likeness (QED) is 0.813. The SMILES string of the molecule is CC(C)NC1CCN(C(=O)NC2CCOCC2)CC1. The van der Waals surface area contributed by atoms with Crippen molar-refractivity contribution in [1.29, 1.82) is 0 Å². The molecule has 2 saturated heterocycles. The molecule has 0 radical (unpaired) electrons. The number of rotatable bonds is 3. The first kappa shape index (κ1) is 14.6. The van der Waals surface area contributed by atoms with Crippen molar-refractivity contribution in [3.05, 3.63) is 0 Å². The molecule has 2 N–H and O–H groups in total. The first-order chi connectivity index (χ1) is 9.15. The maximum Gasteiger partial charge on any atom is 0.317 e. The predicted molar refractivity (Wildman–Crippen MR) is 75.2 cm³/mol. The number of likely N-dealkylation sites (tertiary alicyclic amines) is 1. The molecule has 2 heterocycles. The third kappa shape index (κ3) is 4.66. The van der Waals surface area contributed by atoms with E-state index < -0.39 is 0 Å². The van der Waals surface area contributed by atoms with Gasteiger partial charge in [0.2, 0.25) is 0 Å². The molecular formula is C14H27N3O2. The van der Waals surface area contributed by atoms with E-state index in [0.717, 1.165) is 52.0 Å². The molecule has 0 unspecified atom stereocenters. The number of urea groups is 1. The molecule has 0 aliphatic carbocycles. The van der Waals surface area contributed by atoms with Crippen LogP contribution in [0.5, 0.6) is 0 Å². The molecule has 0 atom stereocenters. The highest BCUT2D eigenvalue weighted by Crippen LogP contribution is 2.12. The monoisotopic (exact) mass is 269 g/mol. The van der Waals surface area contributed by atoms with E-state index in [1.807, 2.05) is 4.90 Å². The summed E-state index contributed by atoms with van der Waals surface area (Å²) < 4.78 is 5.30. The van der Waals surface area contributed by atoms with Crippen LogP contribution in [0.15, 0.2) is 0 Å². The first-order valence-corrected chi connectivity index (χ1v) is 7.54. The van der Waals surface area contributed by atoms with Gasteiger partial charge in [-0.1, -0.05) is 13.8 Å². The molecule has 2 aliphatic heterocycles. The van der Waals surface area contributed by atoms with Gasteiger partial charge in [0, 0.05) is 44.4 Å². The number of nitrogens with zero attached hydrogens (tertiary/aromatic N) is 1. The summed E-state index contributed by atoms with van der Waals surface area (Å²) >= 11 is 0. The molecule has 2 aliphatic rings. The summed E-state index contributed by atoms with van der Waals surface area (Å²) in [4.78, 5) is 14.1. The summed E-state index contributed by atoms with van der Waals surface area (Å²) in [5, 5.41) is 6.68. The molecule has 0 aromatic heterocycles. The molecule has 0 spiro atoms. The Morgan fingerprint density at radius 2 is 1.74 bits per heavy atom. The number of carbonyl (C=O) groups is 1. The molecule has 110 valence electrons. The van der Waals surface area contributed by atoms with Crippen molar-refractivity contribution in [2.24, 2.45) is 0 Å². The van der Waals surface area contributed by atoms with E-state index >= 15 is 0 Å². The number of ether oxygens (including phenoxy) is 1. The molecular weight excluding hydrogens is 242 g/mol. The van der Waals surface area contributed by atoms with Gasteiger partial charge in [-0.05, 0) is 25.7 Å². The van der Waals surface area contributed by atoms with Crippen molar-refractivity contribution < 1.29 is 9.53 Å². The Morgan fingerprint density at radius 3 is 2.32 bits per heavy atom. The highest BCUT2D eigenvalue weighted by Gasteiger charge is 2.25. The Bertz CT molecular complexity index is 282. The molecule has 2 fully saturated rings. The lowest BCUT2D eigenvalue weighted by atomic mass is 10.0. The van der Waals surface area contributed by atoms with Gasteiger partial charge in [0.15, 0.2) is 0 Å². The van der Waals surface area contributed by atoms with Crippen LogP contribution in [-0.4, -0.2) is 55.4 Å². The maximum atomic E-state index is 12.1. The van der Waals surface area contributed by atoms with Gasteiger partial charge in [0.1, 0.15) is 0 Å². The van der Waals surface area contributed by atoms with Gasteiger partial charge in [0.05, 0.1) is 0 Å². The number of nitrogens with one attached hydrogen (secondary N) is 2. The Kier molecular flexibility index (Phi) is 5.45. The highest BCUT2D eigenvalue weighted by molar-refractivity contribution is 5.74. The van der Waals surface area contributed by atoms with Crippen molar-refractivity contribution in [2.45, 2.75) is 57.7 Å². The number of hydrogen-bond acceptors (Lipinski definition) is 3. The average Bonchev–Trinajstić information content (AvgIpc) is 2.40. The van der Waals surface area contributed by atoms with E-state index in [9.17, 15) is 4.79 Å². The average molecular weight is 269 g/mol. The van der Waals surface area contributed by atoms with Crippen molar-refractivity contribution in [3.8, 4) is 0 Å². The van der Waals surface area contributed by atoms with Crippen molar-refractivity contribution >= 4 is 6.03 Å². The van der Waals surface area contributed by atoms with Gasteiger partial charge in [-0.3, -0.25) is 0 Å². The topological polar surface area (TPSA) is 53.6 Å². The number of amides is 2. The zero-order valence-corrected chi connectivity index (χ0v) is 12.2. The van der Waals surface area contributed by atoms with Gasteiger partial charge < -0.3 is 20.3 Å². The minimum atomic E-state index is 0.106. The zero-order chi connectivity index (χ0) is 13.7. The Labute approximate surface area is 116 Å². The van der Waals surface area contributed by atoms with Crippen molar-refractivity contribution in [3.63, 3.8) is 0 Å². The lowest BCUT2D eigenvalue weighted by Crippen LogP contribution is -2.52. The summed E-state index contributed by atoms with van der Waals surface area (Å²) in [5.41, 5.74) is 0. The third-order valence-corrected chi connectivity index (χ3v) is 3.90. The molecule has 5 nitrogen and oxygen atoms in total. The first-order valence-electron chi connectivity index (χ1n) is 7.54. The Morgan fingerprint density at radius 1 is 1.11 bits per heavy atom. The molecule has 5 heteroatoms. The Hall–Kier alpha value is -0.810. The minimum absolute atomic E-state index is 0.106. The molecule has 2 rings (SSSR count). The van der Waals surface area contributed by atoms with Crippen molar-refractivity contribution in [2.75, 3.05) is 26.3 Å². The molecule has 19 heavy (non-hydrogen) atoms. The molecule has 0 aromatic rings. The summed E-state index contributed by atoms with van der Waals surface area (Å²) in [6.45, 7) is 7.60. The molecule has 2 amide bonds. The lowest BCUT2D eigenvalue weighted by Gasteiger charge is -2.35. The zero-order valence-electron chi connectivity index (χ0n) is 12.2. The fourth-order valence-electron chi connectivity index (χ4n) is 2.83. The van der Waals surface area contributed by atoms with Crippen LogP contribution in [0.3, 0.4) is 0 Å². The molecule has 0 bridgehead atoms. The Balaban J connectivity index is 1.69. The van der Waals surface area contributed by atoms with Crippen LogP contribution >= 0.6 is 0 Å². The summed E-state index contributed by atoms with van der Waals surface area (Å²) in [6.07, 6.45) is 3.99. The predicted octanol–water partition coefficient (Wildman–Crippen LogP) is 1.34. The smallest absolute Gasteiger partial charge is 0.317 e. The van der Waals surface area contributed by atoms with E-state index in [1.165, 1.54) is 0 Å². The molecule has 0 aromatic carbocycles. The van der Waals surface area contributed by atoms with Crippen LogP contribution in [0, 0.1) is 0 Å². The highest BCUT2D eigenvalue weighted by atomic mass is 16.5. The third-order valence-electron chi connectivity index (χ3n) is 3.90. The fraction of sp³-hybridized carbons (Fsp3) is 0.929.